The van der Waals surface area contributed by atoms with Crippen molar-refractivity contribution in [1.29, 1.82) is 5.26 Å². The summed E-state index contributed by atoms with van der Waals surface area (Å²) < 4.78 is 18.5. The van der Waals surface area contributed by atoms with E-state index in [0.29, 0.717) is 17.8 Å². The van der Waals surface area contributed by atoms with Crippen LogP contribution in [0.4, 0.5) is 5.82 Å². The predicted octanol–water partition coefficient (Wildman–Crippen LogP) is 2.36. The van der Waals surface area contributed by atoms with Crippen LogP contribution in [-0.2, 0) is 13.8 Å². The van der Waals surface area contributed by atoms with Crippen molar-refractivity contribution in [2.45, 2.75) is 51.2 Å². The van der Waals surface area contributed by atoms with Gasteiger partial charge in [0.15, 0.2) is 5.82 Å². The van der Waals surface area contributed by atoms with E-state index in [4.69, 9.17) is 19.5 Å². The van der Waals surface area contributed by atoms with E-state index in [2.05, 4.69) is 16.1 Å². The highest BCUT2D eigenvalue weighted by Crippen LogP contribution is 2.46. The van der Waals surface area contributed by atoms with Crippen molar-refractivity contribution < 1.29 is 18.7 Å². The minimum Gasteiger partial charge on any atom is -0.382 e. The summed E-state index contributed by atoms with van der Waals surface area (Å²) in [5.41, 5.74) is 7.43. The van der Waals surface area contributed by atoms with Crippen LogP contribution in [-0.4, -0.2) is 45.0 Å². The summed E-state index contributed by atoms with van der Waals surface area (Å²) in [4.78, 5) is 13.8. The molecule has 2 aromatic rings. The molecule has 4 unspecified atom stereocenters. The number of nitrogens with zero attached hydrogens (tertiary/aromatic N) is 4. The molecular formula is C16H23BN5O4P. The number of anilines is 1. The lowest BCUT2D eigenvalue weighted by molar-refractivity contribution is 0.00894. The van der Waals surface area contributed by atoms with Crippen LogP contribution in [0.25, 0.3) is 5.52 Å². The van der Waals surface area contributed by atoms with Gasteiger partial charge in [-0.3, -0.25) is 0 Å². The van der Waals surface area contributed by atoms with Crippen LogP contribution < -0.4 is 5.73 Å². The van der Waals surface area contributed by atoms with E-state index in [9.17, 15) is 10.2 Å². The molecule has 9 nitrogen and oxygen atoms in total. The molecule has 0 spiro atoms. The van der Waals surface area contributed by atoms with Gasteiger partial charge in [0.1, 0.15) is 11.8 Å². The summed E-state index contributed by atoms with van der Waals surface area (Å²) >= 11 is 0. The maximum absolute atomic E-state index is 9.80. The highest BCUT2D eigenvalue weighted by molar-refractivity contribution is 7.40. The molecule has 0 bridgehead atoms. The van der Waals surface area contributed by atoms with Gasteiger partial charge >= 0.3 is 8.60 Å². The summed E-state index contributed by atoms with van der Waals surface area (Å²) in [5, 5.41) is 13.7. The number of fused-ring (bicyclic) bond motifs is 1. The quantitative estimate of drug-likeness (QED) is 0.544. The van der Waals surface area contributed by atoms with Crippen LogP contribution in [0.2, 0.25) is 12.6 Å². The maximum Gasteiger partial charge on any atom is 0.330 e. The van der Waals surface area contributed by atoms with E-state index in [-0.39, 0.29) is 37.4 Å². The zero-order valence-electron chi connectivity index (χ0n) is 15.5. The van der Waals surface area contributed by atoms with Gasteiger partial charge in [-0.2, -0.15) is 5.10 Å². The first-order valence-corrected chi connectivity index (χ1v) is 9.95. The average molecular weight is 391 g/mol. The molecule has 2 aromatic heterocycles. The summed E-state index contributed by atoms with van der Waals surface area (Å²) in [6.07, 6.45) is 1.32. The maximum atomic E-state index is 9.80. The third kappa shape index (κ3) is 4.40. The zero-order valence-corrected chi connectivity index (χ0v) is 16.4. The molecule has 3 heterocycles. The number of nitrogens with two attached hydrogens (primary N) is 1. The molecule has 0 aromatic carbocycles. The predicted molar refractivity (Wildman–Crippen MR) is 102 cm³/mol. The lowest BCUT2D eigenvalue weighted by Crippen LogP contribution is -2.19. The molecule has 0 radical (unpaired) electrons. The Morgan fingerprint density at radius 2 is 2.33 bits per heavy atom. The van der Waals surface area contributed by atoms with Crippen LogP contribution in [0.5, 0.6) is 0 Å². The van der Waals surface area contributed by atoms with Crippen LogP contribution in [0.1, 0.15) is 32.1 Å². The second kappa shape index (κ2) is 8.51. The van der Waals surface area contributed by atoms with Gasteiger partial charge in [-0.15, -0.1) is 0 Å². The molecule has 0 saturated carbocycles. The van der Waals surface area contributed by atoms with Gasteiger partial charge in [0.25, 0.3) is 6.71 Å². The first-order valence-electron chi connectivity index (χ1n) is 8.82. The number of hydrogen-bond acceptors (Lipinski definition) is 8. The molecule has 4 atom stereocenters. The first-order chi connectivity index (χ1) is 12.9. The van der Waals surface area contributed by atoms with Gasteiger partial charge in [0.2, 0.25) is 0 Å². The number of ether oxygens (including phenoxy) is 1. The monoisotopic (exact) mass is 391 g/mol. The largest absolute Gasteiger partial charge is 0.382 e. The van der Waals surface area contributed by atoms with Gasteiger partial charge in [0.05, 0.1) is 30.6 Å². The van der Waals surface area contributed by atoms with Crippen molar-refractivity contribution in [3.05, 3.63) is 24.2 Å². The summed E-state index contributed by atoms with van der Waals surface area (Å²) in [6, 6.07) is 3.74. The molecule has 1 aliphatic heterocycles. The van der Waals surface area contributed by atoms with E-state index < -0.39 is 8.60 Å². The Labute approximate surface area is 159 Å². The summed E-state index contributed by atoms with van der Waals surface area (Å²) in [5.74, 6) is 2.66. The molecule has 1 aliphatic rings. The molecule has 0 aliphatic carbocycles. The van der Waals surface area contributed by atoms with Crippen molar-refractivity contribution in [3.8, 4) is 5.97 Å². The Balaban J connectivity index is 1.78. The normalized spacial score (nSPS) is 23.6. The van der Waals surface area contributed by atoms with E-state index in [1.807, 2.05) is 32.8 Å². The highest BCUT2D eigenvalue weighted by Gasteiger charge is 2.42. The summed E-state index contributed by atoms with van der Waals surface area (Å²) in [7, 11) is -1.95. The summed E-state index contributed by atoms with van der Waals surface area (Å²) in [6.45, 7) is 5.51. The Bertz CT molecular complexity index is 829. The molecular weight excluding hydrogens is 368 g/mol. The molecule has 27 heavy (non-hydrogen) atoms. The van der Waals surface area contributed by atoms with Gasteiger partial charge in [-0.1, -0.05) is 6.82 Å². The van der Waals surface area contributed by atoms with Gasteiger partial charge in [-0.25, -0.2) is 14.8 Å². The van der Waals surface area contributed by atoms with Crippen molar-refractivity contribution >= 4 is 26.6 Å². The third-order valence-electron chi connectivity index (χ3n) is 4.58. The lowest BCUT2D eigenvalue weighted by atomic mass is 9.42. The fourth-order valence-corrected chi connectivity index (χ4v) is 4.01. The number of aromatic nitrogens is 3. The molecule has 144 valence electrons. The molecule has 3 N–H and O–H groups in total. The second-order valence-electron chi connectivity index (χ2n) is 6.88. The van der Waals surface area contributed by atoms with E-state index in [1.165, 1.54) is 6.33 Å². The molecule has 11 heteroatoms. The van der Waals surface area contributed by atoms with Crippen LogP contribution in [0.3, 0.4) is 0 Å². The van der Waals surface area contributed by atoms with Gasteiger partial charge in [0, 0.05) is 5.97 Å². The minimum atomic E-state index is -1.95. The van der Waals surface area contributed by atoms with Crippen LogP contribution in [0.15, 0.2) is 18.5 Å². The number of nitrogen functional groups attached to an aromatic ring is 1. The van der Waals surface area contributed by atoms with E-state index >= 15 is 0 Å². The SMILES string of the molecule is CB(C#N)C1CC(COP(O)OC(C)C)OC1c1ccc2c(N)ncnn12. The van der Waals surface area contributed by atoms with E-state index in [1.54, 1.807) is 4.52 Å². The average Bonchev–Trinajstić information content (AvgIpc) is 3.23. The fraction of sp³-hybridized carbons (Fsp3) is 0.562. The van der Waals surface area contributed by atoms with E-state index in [0.717, 1.165) is 5.69 Å². The van der Waals surface area contributed by atoms with Crippen LogP contribution in [0, 0.1) is 11.2 Å². The Kier molecular flexibility index (Phi) is 6.30. The Morgan fingerprint density at radius 1 is 1.56 bits per heavy atom. The Morgan fingerprint density at radius 3 is 3.04 bits per heavy atom. The highest BCUT2D eigenvalue weighted by atomic mass is 31.2. The van der Waals surface area contributed by atoms with Crippen molar-refractivity contribution in [2.75, 3.05) is 12.3 Å². The minimum absolute atomic E-state index is 0.0335. The van der Waals surface area contributed by atoms with Gasteiger partial charge in [-0.05, 0) is 38.2 Å². The van der Waals surface area contributed by atoms with Crippen molar-refractivity contribution in [3.63, 3.8) is 0 Å². The fourth-order valence-electron chi connectivity index (χ4n) is 3.30. The Hall–Kier alpha value is -1.76. The third-order valence-corrected chi connectivity index (χ3v) is 5.56. The topological polar surface area (TPSA) is 128 Å². The van der Waals surface area contributed by atoms with Gasteiger partial charge < -0.3 is 24.4 Å². The number of nitriles is 1. The van der Waals surface area contributed by atoms with Crippen molar-refractivity contribution in [1.82, 2.24) is 14.6 Å². The smallest absolute Gasteiger partial charge is 0.330 e. The second-order valence-corrected chi connectivity index (χ2v) is 7.83. The molecule has 3 rings (SSSR count). The number of rotatable bonds is 7. The standard InChI is InChI=1S/C16H23BN5O4P/c1-10(2)26-27(23)24-7-11-6-12(17(3)8-18)15(25-11)13-4-5-14-16(19)20-9-21-22(13)14/h4-5,9-12,15,23H,6-7H2,1-3H3,(H2,19,20,21). The van der Waals surface area contributed by atoms with Crippen LogP contribution >= 0.6 is 8.60 Å². The molecule has 0 amide bonds. The molecule has 1 saturated heterocycles. The number of hydrogen-bond donors (Lipinski definition) is 2. The lowest BCUT2D eigenvalue weighted by Gasteiger charge is -2.19. The molecule has 1 fully saturated rings. The zero-order chi connectivity index (χ0) is 19.6. The first kappa shape index (κ1) is 20.0. The van der Waals surface area contributed by atoms with Crippen molar-refractivity contribution in [2.24, 2.45) is 0 Å².